The molecule has 0 spiro atoms. The Hall–Kier alpha value is -0.610. The Kier molecular flexibility index (Phi) is 14.0. The maximum atomic E-state index is 12.2. The number of nitrogens with one attached hydrogen (secondary N) is 1. The molecule has 0 aliphatic carbocycles. The van der Waals surface area contributed by atoms with Gasteiger partial charge >= 0.3 is 5.97 Å². The number of piperidine rings is 1. The van der Waals surface area contributed by atoms with Crippen LogP contribution in [0.15, 0.2) is 0 Å². The third-order valence-corrected chi connectivity index (χ3v) is 6.51. The van der Waals surface area contributed by atoms with Crippen LogP contribution in [0.4, 0.5) is 0 Å². The van der Waals surface area contributed by atoms with Crippen LogP contribution in [0.1, 0.15) is 144 Å². The molecule has 184 valence electrons. The van der Waals surface area contributed by atoms with Gasteiger partial charge in [-0.15, -0.1) is 0 Å². The van der Waals surface area contributed by atoms with E-state index < -0.39 is 0 Å². The molecule has 1 saturated heterocycles. The van der Waals surface area contributed by atoms with Crippen LogP contribution in [0.5, 0.6) is 0 Å². The molecule has 0 saturated carbocycles. The van der Waals surface area contributed by atoms with Gasteiger partial charge in [0.2, 0.25) is 0 Å². The maximum absolute atomic E-state index is 12.2. The fraction of sp³-hybridized carbons (Fsp3) is 0.963. The van der Waals surface area contributed by atoms with Crippen LogP contribution in [-0.2, 0) is 9.53 Å². The van der Waals surface area contributed by atoms with Gasteiger partial charge in [0.1, 0.15) is 6.10 Å². The predicted octanol–water partition coefficient (Wildman–Crippen LogP) is 7.07. The Bertz CT molecular complexity index is 459. The fourth-order valence-corrected chi connectivity index (χ4v) is 5.22. The Balaban J connectivity index is 1.94. The van der Waals surface area contributed by atoms with E-state index in [1.165, 1.54) is 57.8 Å². The summed E-state index contributed by atoms with van der Waals surface area (Å²) in [6.45, 7) is 11.0. The molecule has 1 fully saturated rings. The highest BCUT2D eigenvalue weighted by Crippen LogP contribution is 2.30. The summed E-state index contributed by atoms with van der Waals surface area (Å²) in [7, 11) is 0. The summed E-state index contributed by atoms with van der Waals surface area (Å²) in [5.74, 6) is -0.0215. The van der Waals surface area contributed by atoms with Crippen LogP contribution in [0.3, 0.4) is 0 Å². The smallest absolute Gasteiger partial charge is 0.306 e. The molecule has 1 aliphatic rings. The van der Waals surface area contributed by atoms with E-state index in [0.717, 1.165) is 44.9 Å². The second-order valence-electron chi connectivity index (χ2n) is 11.3. The van der Waals surface area contributed by atoms with Crippen LogP contribution >= 0.6 is 0 Å². The number of ether oxygens (including phenoxy) is 1. The van der Waals surface area contributed by atoms with Crippen molar-refractivity contribution in [3.05, 3.63) is 0 Å². The molecule has 1 aliphatic heterocycles. The Morgan fingerprint density at radius 3 is 1.81 bits per heavy atom. The van der Waals surface area contributed by atoms with Crippen molar-refractivity contribution < 1.29 is 14.6 Å². The lowest BCUT2D eigenvalue weighted by molar-refractivity contribution is -0.153. The van der Waals surface area contributed by atoms with Crippen molar-refractivity contribution in [1.82, 2.24) is 5.32 Å². The second-order valence-corrected chi connectivity index (χ2v) is 11.3. The zero-order chi connectivity index (χ0) is 23.2. The summed E-state index contributed by atoms with van der Waals surface area (Å²) in [5, 5.41) is 13.6. The predicted molar refractivity (Wildman–Crippen MR) is 131 cm³/mol. The van der Waals surface area contributed by atoms with Crippen molar-refractivity contribution in [2.45, 2.75) is 167 Å². The minimum Gasteiger partial charge on any atom is -0.462 e. The van der Waals surface area contributed by atoms with Gasteiger partial charge in [-0.05, 0) is 47.0 Å². The summed E-state index contributed by atoms with van der Waals surface area (Å²) in [6.07, 6.45) is 18.7. The highest BCUT2D eigenvalue weighted by molar-refractivity contribution is 5.69. The standard InChI is InChI=1S/C27H53NO3/c1-6-7-8-15-18-23(29)19-16-13-11-9-10-12-14-17-20-25(30)31-24-21-26(2,3)28-27(4,5)22-24/h23-24,28-29H,6-22H2,1-5H3. The van der Waals surface area contributed by atoms with Gasteiger partial charge in [0, 0.05) is 30.3 Å². The molecular weight excluding hydrogens is 386 g/mol. The van der Waals surface area contributed by atoms with Crippen LogP contribution in [0, 0.1) is 0 Å². The molecule has 1 rings (SSSR count). The zero-order valence-corrected chi connectivity index (χ0v) is 21.4. The van der Waals surface area contributed by atoms with Crippen LogP contribution in [-0.4, -0.2) is 34.4 Å². The first-order valence-electron chi connectivity index (χ1n) is 13.3. The first-order valence-corrected chi connectivity index (χ1v) is 13.3. The molecule has 2 N–H and O–H groups in total. The van der Waals surface area contributed by atoms with Gasteiger partial charge in [0.05, 0.1) is 6.10 Å². The van der Waals surface area contributed by atoms with Gasteiger partial charge in [-0.3, -0.25) is 4.79 Å². The van der Waals surface area contributed by atoms with E-state index in [9.17, 15) is 9.90 Å². The monoisotopic (exact) mass is 439 g/mol. The number of carbonyl (C=O) groups excluding carboxylic acids is 1. The Morgan fingerprint density at radius 1 is 0.839 bits per heavy atom. The molecular formula is C27H53NO3. The molecule has 0 amide bonds. The molecule has 0 aromatic heterocycles. The molecule has 0 aromatic carbocycles. The molecule has 4 nitrogen and oxygen atoms in total. The molecule has 1 heterocycles. The van der Waals surface area contributed by atoms with E-state index in [2.05, 4.69) is 39.9 Å². The molecule has 31 heavy (non-hydrogen) atoms. The average molecular weight is 440 g/mol. The van der Waals surface area contributed by atoms with E-state index in [4.69, 9.17) is 4.74 Å². The highest BCUT2D eigenvalue weighted by Gasteiger charge is 2.39. The van der Waals surface area contributed by atoms with Gasteiger partial charge in [0.15, 0.2) is 0 Å². The number of carbonyl (C=O) groups is 1. The van der Waals surface area contributed by atoms with Crippen molar-refractivity contribution in [2.75, 3.05) is 0 Å². The average Bonchev–Trinajstić information content (AvgIpc) is 2.64. The molecule has 0 bridgehead atoms. The van der Waals surface area contributed by atoms with Crippen LogP contribution in [0.25, 0.3) is 0 Å². The number of hydrogen-bond acceptors (Lipinski definition) is 4. The lowest BCUT2D eigenvalue weighted by atomic mass is 9.81. The van der Waals surface area contributed by atoms with Gasteiger partial charge in [0.25, 0.3) is 0 Å². The van der Waals surface area contributed by atoms with E-state index in [1.807, 2.05) is 0 Å². The van der Waals surface area contributed by atoms with Gasteiger partial charge in [-0.25, -0.2) is 0 Å². The summed E-state index contributed by atoms with van der Waals surface area (Å²) >= 11 is 0. The lowest BCUT2D eigenvalue weighted by Gasteiger charge is -2.45. The van der Waals surface area contributed by atoms with E-state index in [0.29, 0.717) is 6.42 Å². The number of hydrogen-bond donors (Lipinski definition) is 2. The summed E-state index contributed by atoms with van der Waals surface area (Å²) < 4.78 is 5.79. The number of aliphatic hydroxyl groups is 1. The molecule has 1 unspecified atom stereocenters. The normalized spacial score (nSPS) is 19.3. The minimum atomic E-state index is -0.0846. The highest BCUT2D eigenvalue weighted by atomic mass is 16.5. The third kappa shape index (κ3) is 15.0. The van der Waals surface area contributed by atoms with Gasteiger partial charge in [-0.1, -0.05) is 77.6 Å². The first-order chi connectivity index (χ1) is 14.6. The fourth-order valence-electron chi connectivity index (χ4n) is 5.22. The van der Waals surface area contributed by atoms with Crippen molar-refractivity contribution in [3.8, 4) is 0 Å². The minimum absolute atomic E-state index is 0.0133. The SMILES string of the molecule is CCCCCCC(O)CCCCCCCCCCC(=O)OC1CC(C)(C)NC(C)(C)C1. The van der Waals surface area contributed by atoms with Crippen molar-refractivity contribution in [2.24, 2.45) is 0 Å². The topological polar surface area (TPSA) is 58.6 Å². The van der Waals surface area contributed by atoms with Crippen LogP contribution in [0.2, 0.25) is 0 Å². The second kappa shape index (κ2) is 15.3. The quantitative estimate of drug-likeness (QED) is 0.188. The number of rotatable bonds is 17. The van der Waals surface area contributed by atoms with Gasteiger partial charge < -0.3 is 15.2 Å². The van der Waals surface area contributed by atoms with Crippen molar-refractivity contribution in [3.63, 3.8) is 0 Å². The third-order valence-electron chi connectivity index (χ3n) is 6.51. The van der Waals surface area contributed by atoms with Crippen molar-refractivity contribution in [1.29, 1.82) is 0 Å². The van der Waals surface area contributed by atoms with E-state index in [-0.39, 0.29) is 29.3 Å². The molecule has 0 aromatic rings. The van der Waals surface area contributed by atoms with Crippen LogP contribution < -0.4 is 5.32 Å². The summed E-state index contributed by atoms with van der Waals surface area (Å²) in [6, 6.07) is 0. The zero-order valence-electron chi connectivity index (χ0n) is 21.4. The number of unbranched alkanes of at least 4 members (excludes halogenated alkanes) is 10. The Labute approximate surface area is 193 Å². The number of esters is 1. The summed E-state index contributed by atoms with van der Waals surface area (Å²) in [4.78, 5) is 12.2. The summed E-state index contributed by atoms with van der Waals surface area (Å²) in [5.41, 5.74) is 0.0266. The Morgan fingerprint density at radius 2 is 1.29 bits per heavy atom. The molecule has 0 radical (unpaired) electrons. The maximum Gasteiger partial charge on any atom is 0.306 e. The van der Waals surface area contributed by atoms with Crippen molar-refractivity contribution >= 4 is 5.97 Å². The first kappa shape index (κ1) is 28.4. The van der Waals surface area contributed by atoms with Gasteiger partial charge in [-0.2, -0.15) is 0 Å². The van der Waals surface area contributed by atoms with E-state index >= 15 is 0 Å². The number of aliphatic hydroxyl groups excluding tert-OH is 1. The molecule has 1 atom stereocenters. The molecule has 4 heteroatoms. The lowest BCUT2D eigenvalue weighted by Crippen LogP contribution is -2.59. The van der Waals surface area contributed by atoms with E-state index in [1.54, 1.807) is 0 Å². The largest absolute Gasteiger partial charge is 0.462 e.